The Labute approximate surface area is 97.7 Å². The van der Waals surface area contributed by atoms with E-state index in [0.717, 1.165) is 0 Å². The van der Waals surface area contributed by atoms with Gasteiger partial charge in [-0.15, -0.1) is 0 Å². The molecule has 1 N–H and O–H groups in total. The summed E-state index contributed by atoms with van der Waals surface area (Å²) in [7, 11) is 1.53. The highest BCUT2D eigenvalue weighted by molar-refractivity contribution is 5.87. The Morgan fingerprint density at radius 2 is 2.12 bits per heavy atom. The minimum absolute atomic E-state index is 0.0779. The van der Waals surface area contributed by atoms with Crippen molar-refractivity contribution in [2.75, 3.05) is 7.11 Å². The van der Waals surface area contributed by atoms with Crippen LogP contribution in [0.15, 0.2) is 28.7 Å². The maximum atomic E-state index is 10.9. The number of nitrogens with zero attached hydrogens (tertiary/aromatic N) is 1. The van der Waals surface area contributed by atoms with E-state index in [2.05, 4.69) is 4.98 Å². The molecule has 0 amide bonds. The molecule has 0 radical (unpaired) electrons. The summed E-state index contributed by atoms with van der Waals surface area (Å²) in [5.41, 5.74) is 0.552. The molecular formula is C12H11NO4. The number of hydrogen-bond donors (Lipinski definition) is 1. The van der Waals surface area contributed by atoms with Gasteiger partial charge in [-0.3, -0.25) is 0 Å². The zero-order valence-electron chi connectivity index (χ0n) is 9.43. The van der Waals surface area contributed by atoms with E-state index in [-0.39, 0.29) is 17.3 Å². The van der Waals surface area contributed by atoms with Gasteiger partial charge in [0.15, 0.2) is 5.69 Å². The number of rotatable bonds is 3. The van der Waals surface area contributed by atoms with Gasteiger partial charge in [0.25, 0.3) is 0 Å². The normalized spacial score (nSPS) is 10.2. The Bertz CT molecular complexity index is 559. The summed E-state index contributed by atoms with van der Waals surface area (Å²) in [5.74, 6) is 0.00819. The van der Waals surface area contributed by atoms with Crippen LogP contribution in [0.25, 0.3) is 11.5 Å². The van der Waals surface area contributed by atoms with Crippen molar-refractivity contribution >= 4 is 5.97 Å². The highest BCUT2D eigenvalue weighted by atomic mass is 16.5. The van der Waals surface area contributed by atoms with E-state index in [4.69, 9.17) is 14.3 Å². The average molecular weight is 233 g/mol. The highest BCUT2D eigenvalue weighted by Crippen LogP contribution is 2.30. The number of aromatic carboxylic acids is 1. The van der Waals surface area contributed by atoms with E-state index in [1.165, 1.54) is 7.11 Å². The number of carboxylic acid groups (broad SMARTS) is 1. The second-order valence-corrected chi connectivity index (χ2v) is 3.43. The largest absolute Gasteiger partial charge is 0.496 e. The molecule has 5 nitrogen and oxygen atoms in total. The lowest BCUT2D eigenvalue weighted by Crippen LogP contribution is -1.98. The molecular weight excluding hydrogens is 222 g/mol. The molecule has 1 heterocycles. The number of hydrogen-bond acceptors (Lipinski definition) is 4. The summed E-state index contributed by atoms with van der Waals surface area (Å²) in [6, 6.07) is 7.14. The van der Waals surface area contributed by atoms with E-state index in [1.54, 1.807) is 25.1 Å². The number of benzene rings is 1. The van der Waals surface area contributed by atoms with Crippen LogP contribution in [0.4, 0.5) is 0 Å². The fourth-order valence-electron chi connectivity index (χ4n) is 1.53. The number of oxazole rings is 1. The first-order valence-corrected chi connectivity index (χ1v) is 4.97. The molecule has 0 aliphatic heterocycles. The highest BCUT2D eigenvalue weighted by Gasteiger charge is 2.18. The van der Waals surface area contributed by atoms with E-state index in [9.17, 15) is 4.79 Å². The third-order valence-electron chi connectivity index (χ3n) is 2.34. The molecule has 88 valence electrons. The standard InChI is InChI=1S/C12H11NO4/c1-7-10(12(14)15)13-11(17-7)8-5-3-4-6-9(8)16-2/h3-6H,1-2H3,(H,14,15). The number of para-hydroxylation sites is 1. The van der Waals surface area contributed by atoms with Gasteiger partial charge in [-0.2, -0.15) is 0 Å². The molecule has 0 atom stereocenters. The summed E-state index contributed by atoms with van der Waals surface area (Å²) >= 11 is 0. The van der Waals surface area contributed by atoms with Gasteiger partial charge in [0.2, 0.25) is 5.89 Å². The van der Waals surface area contributed by atoms with Crippen LogP contribution in [0.3, 0.4) is 0 Å². The van der Waals surface area contributed by atoms with Crippen LogP contribution in [0.5, 0.6) is 5.75 Å². The molecule has 0 unspecified atom stereocenters. The topological polar surface area (TPSA) is 72.6 Å². The quantitative estimate of drug-likeness (QED) is 0.880. The zero-order valence-corrected chi connectivity index (χ0v) is 9.43. The van der Waals surface area contributed by atoms with Gasteiger partial charge in [-0.05, 0) is 19.1 Å². The molecule has 0 aliphatic carbocycles. The molecule has 2 rings (SSSR count). The Balaban J connectivity index is 2.53. The Morgan fingerprint density at radius 1 is 1.41 bits per heavy atom. The molecule has 17 heavy (non-hydrogen) atoms. The van der Waals surface area contributed by atoms with Gasteiger partial charge in [-0.25, -0.2) is 9.78 Å². The van der Waals surface area contributed by atoms with Crippen LogP contribution >= 0.6 is 0 Å². The van der Waals surface area contributed by atoms with Crippen molar-refractivity contribution < 1.29 is 19.1 Å². The van der Waals surface area contributed by atoms with Gasteiger partial charge < -0.3 is 14.3 Å². The molecule has 5 heteroatoms. The van der Waals surface area contributed by atoms with Crippen LogP contribution < -0.4 is 4.74 Å². The predicted molar refractivity (Wildman–Crippen MR) is 60.2 cm³/mol. The van der Waals surface area contributed by atoms with E-state index in [1.807, 2.05) is 6.07 Å². The zero-order chi connectivity index (χ0) is 12.4. The van der Waals surface area contributed by atoms with Crippen LogP contribution in [0, 0.1) is 6.92 Å². The Kier molecular flexibility index (Phi) is 2.82. The van der Waals surface area contributed by atoms with Crippen molar-refractivity contribution in [1.29, 1.82) is 0 Å². The first-order chi connectivity index (χ1) is 8.13. The first-order valence-electron chi connectivity index (χ1n) is 4.97. The SMILES string of the molecule is COc1ccccc1-c1nc(C(=O)O)c(C)o1. The fourth-order valence-corrected chi connectivity index (χ4v) is 1.53. The van der Waals surface area contributed by atoms with Gasteiger partial charge in [0.05, 0.1) is 12.7 Å². The van der Waals surface area contributed by atoms with Crippen molar-refractivity contribution in [3.63, 3.8) is 0 Å². The van der Waals surface area contributed by atoms with Crippen molar-refractivity contribution in [3.05, 3.63) is 35.7 Å². The van der Waals surface area contributed by atoms with Crippen molar-refractivity contribution in [2.24, 2.45) is 0 Å². The molecule has 1 aromatic carbocycles. The predicted octanol–water partition coefficient (Wildman–Crippen LogP) is 2.36. The number of aryl methyl sites for hydroxylation is 1. The maximum absolute atomic E-state index is 10.9. The van der Waals surface area contributed by atoms with E-state index >= 15 is 0 Å². The smallest absolute Gasteiger partial charge is 0.358 e. The molecule has 0 aliphatic rings. The number of aromatic nitrogens is 1. The Hall–Kier alpha value is -2.30. The minimum atomic E-state index is -1.10. The number of methoxy groups -OCH3 is 1. The van der Waals surface area contributed by atoms with Crippen LogP contribution in [0.2, 0.25) is 0 Å². The molecule has 0 bridgehead atoms. The third kappa shape index (κ3) is 1.99. The number of carboxylic acids is 1. The lowest BCUT2D eigenvalue weighted by Gasteiger charge is -2.03. The molecule has 2 aromatic rings. The van der Waals surface area contributed by atoms with E-state index in [0.29, 0.717) is 11.3 Å². The second kappa shape index (κ2) is 4.29. The molecule has 1 aromatic heterocycles. The lowest BCUT2D eigenvalue weighted by atomic mass is 10.2. The van der Waals surface area contributed by atoms with Crippen molar-refractivity contribution in [2.45, 2.75) is 6.92 Å². The number of ether oxygens (including phenoxy) is 1. The summed E-state index contributed by atoms with van der Waals surface area (Å²) < 4.78 is 10.5. The fraction of sp³-hybridized carbons (Fsp3) is 0.167. The molecule has 0 spiro atoms. The summed E-state index contributed by atoms with van der Waals surface area (Å²) in [6.45, 7) is 1.56. The summed E-state index contributed by atoms with van der Waals surface area (Å²) in [6.07, 6.45) is 0. The first kappa shape index (κ1) is 11.2. The van der Waals surface area contributed by atoms with Crippen molar-refractivity contribution in [3.8, 4) is 17.2 Å². The Morgan fingerprint density at radius 3 is 2.71 bits per heavy atom. The summed E-state index contributed by atoms with van der Waals surface area (Å²) in [5, 5.41) is 8.90. The lowest BCUT2D eigenvalue weighted by molar-refractivity contribution is 0.0689. The van der Waals surface area contributed by atoms with Crippen LogP contribution in [-0.4, -0.2) is 23.2 Å². The second-order valence-electron chi connectivity index (χ2n) is 3.43. The van der Waals surface area contributed by atoms with Crippen LogP contribution in [-0.2, 0) is 0 Å². The average Bonchev–Trinajstić information content (AvgIpc) is 2.71. The van der Waals surface area contributed by atoms with Gasteiger partial charge in [0, 0.05) is 0 Å². The third-order valence-corrected chi connectivity index (χ3v) is 2.34. The van der Waals surface area contributed by atoms with Gasteiger partial charge in [0.1, 0.15) is 11.5 Å². The molecule has 0 fully saturated rings. The minimum Gasteiger partial charge on any atom is -0.496 e. The molecule has 0 saturated heterocycles. The maximum Gasteiger partial charge on any atom is 0.358 e. The monoisotopic (exact) mass is 233 g/mol. The van der Waals surface area contributed by atoms with Crippen LogP contribution in [0.1, 0.15) is 16.2 Å². The van der Waals surface area contributed by atoms with E-state index < -0.39 is 5.97 Å². The van der Waals surface area contributed by atoms with Gasteiger partial charge >= 0.3 is 5.97 Å². The molecule has 0 saturated carbocycles. The summed E-state index contributed by atoms with van der Waals surface area (Å²) in [4.78, 5) is 14.8. The number of carbonyl (C=O) groups is 1. The van der Waals surface area contributed by atoms with Gasteiger partial charge in [-0.1, -0.05) is 12.1 Å². The van der Waals surface area contributed by atoms with Crippen molar-refractivity contribution in [1.82, 2.24) is 4.98 Å².